The van der Waals surface area contributed by atoms with Crippen molar-refractivity contribution in [3.8, 4) is 5.69 Å². The lowest BCUT2D eigenvalue weighted by Crippen LogP contribution is -2.27. The van der Waals surface area contributed by atoms with Crippen LogP contribution in [0.25, 0.3) is 16.7 Å². The van der Waals surface area contributed by atoms with Crippen molar-refractivity contribution in [3.05, 3.63) is 88.3 Å². The lowest BCUT2D eigenvalue weighted by Gasteiger charge is -2.13. The number of carbonyl (C=O) groups excluding carboxylic acids is 1. The maximum Gasteiger partial charge on any atom is 0.280 e. The maximum atomic E-state index is 13.4. The van der Waals surface area contributed by atoms with E-state index < -0.39 is 17.5 Å². The molecule has 0 saturated heterocycles. The lowest BCUT2D eigenvalue weighted by molar-refractivity contribution is -0.116. The van der Waals surface area contributed by atoms with Gasteiger partial charge in [0.05, 0.1) is 11.1 Å². The first kappa shape index (κ1) is 19.5. The number of halogens is 2. The number of rotatable bonds is 5. The molecule has 0 fully saturated rings. The standard InChI is InChI=1S/C22H18F2N4O2/c1-2-14-5-3-6-16(11-14)28-22(30)17-7-4-10-25-21(17)27(28)13-20(29)26-15-8-9-18(23)19(24)12-15/h3-12H,2,13H2,1H3,(H,26,29). The summed E-state index contributed by atoms with van der Waals surface area (Å²) in [6, 6.07) is 13.9. The van der Waals surface area contributed by atoms with Gasteiger partial charge in [-0.25, -0.2) is 18.4 Å². The van der Waals surface area contributed by atoms with E-state index in [1.165, 1.54) is 15.4 Å². The average molecular weight is 408 g/mol. The third kappa shape index (κ3) is 3.59. The van der Waals surface area contributed by atoms with E-state index in [2.05, 4.69) is 10.3 Å². The fourth-order valence-corrected chi connectivity index (χ4v) is 3.31. The molecule has 0 atom stereocenters. The van der Waals surface area contributed by atoms with E-state index in [1.54, 1.807) is 24.4 Å². The number of benzene rings is 2. The molecule has 1 amide bonds. The summed E-state index contributed by atoms with van der Waals surface area (Å²) in [6.45, 7) is 1.76. The van der Waals surface area contributed by atoms with Gasteiger partial charge in [0, 0.05) is 18.0 Å². The van der Waals surface area contributed by atoms with Gasteiger partial charge in [-0.3, -0.25) is 14.3 Å². The van der Waals surface area contributed by atoms with Crippen molar-refractivity contribution in [3.63, 3.8) is 0 Å². The molecular weight excluding hydrogens is 390 g/mol. The first-order valence-electron chi connectivity index (χ1n) is 9.38. The quantitative estimate of drug-likeness (QED) is 0.548. The number of nitrogens with one attached hydrogen (secondary N) is 1. The number of hydrogen-bond acceptors (Lipinski definition) is 3. The molecule has 0 radical (unpaired) electrons. The van der Waals surface area contributed by atoms with E-state index in [4.69, 9.17) is 0 Å². The lowest BCUT2D eigenvalue weighted by atomic mass is 10.1. The number of aryl methyl sites for hydroxylation is 1. The summed E-state index contributed by atoms with van der Waals surface area (Å²) in [5.74, 6) is -2.57. The van der Waals surface area contributed by atoms with Crippen molar-refractivity contribution >= 4 is 22.6 Å². The fourth-order valence-electron chi connectivity index (χ4n) is 3.31. The molecule has 4 aromatic rings. The number of carbonyl (C=O) groups is 1. The van der Waals surface area contributed by atoms with Crippen LogP contribution in [0, 0.1) is 11.6 Å². The Bertz CT molecular complexity index is 1310. The Labute approximate surface area is 170 Å². The van der Waals surface area contributed by atoms with Gasteiger partial charge in [-0.15, -0.1) is 0 Å². The minimum atomic E-state index is -1.06. The van der Waals surface area contributed by atoms with Crippen molar-refractivity contribution in [1.29, 1.82) is 0 Å². The third-order valence-electron chi connectivity index (χ3n) is 4.76. The van der Waals surface area contributed by atoms with E-state index in [9.17, 15) is 18.4 Å². The number of amides is 1. The Kier molecular flexibility index (Phi) is 5.14. The van der Waals surface area contributed by atoms with Crippen molar-refractivity contribution in [2.24, 2.45) is 0 Å². The summed E-state index contributed by atoms with van der Waals surface area (Å²) in [5.41, 5.74) is 1.82. The van der Waals surface area contributed by atoms with E-state index in [1.807, 2.05) is 25.1 Å². The van der Waals surface area contributed by atoms with Gasteiger partial charge < -0.3 is 5.32 Å². The first-order chi connectivity index (χ1) is 14.5. The minimum absolute atomic E-state index is 0.116. The Balaban J connectivity index is 1.76. The van der Waals surface area contributed by atoms with Crippen LogP contribution in [0.1, 0.15) is 12.5 Å². The van der Waals surface area contributed by atoms with Crippen LogP contribution < -0.4 is 10.9 Å². The van der Waals surface area contributed by atoms with Gasteiger partial charge in [-0.05, 0) is 48.4 Å². The summed E-state index contributed by atoms with van der Waals surface area (Å²) in [5, 5.41) is 2.90. The zero-order chi connectivity index (χ0) is 21.3. The molecule has 0 bridgehead atoms. The fraction of sp³-hybridized carbons (Fsp3) is 0.136. The van der Waals surface area contributed by atoms with E-state index in [0.29, 0.717) is 16.7 Å². The van der Waals surface area contributed by atoms with Crippen LogP contribution in [0.5, 0.6) is 0 Å². The molecule has 1 N–H and O–H groups in total. The van der Waals surface area contributed by atoms with Crippen molar-refractivity contribution in [1.82, 2.24) is 14.3 Å². The molecule has 0 spiro atoms. The number of nitrogens with zero attached hydrogens (tertiary/aromatic N) is 3. The normalized spacial score (nSPS) is 11.0. The van der Waals surface area contributed by atoms with Crippen LogP contribution in [-0.2, 0) is 17.8 Å². The molecule has 152 valence electrons. The molecule has 6 nitrogen and oxygen atoms in total. The van der Waals surface area contributed by atoms with Crippen LogP contribution >= 0.6 is 0 Å². The van der Waals surface area contributed by atoms with Crippen molar-refractivity contribution in [2.75, 3.05) is 5.32 Å². The summed E-state index contributed by atoms with van der Waals surface area (Å²) in [6.07, 6.45) is 2.33. The topological polar surface area (TPSA) is 68.9 Å². The van der Waals surface area contributed by atoms with Crippen LogP contribution in [-0.4, -0.2) is 20.3 Å². The second kappa shape index (κ2) is 7.90. The highest BCUT2D eigenvalue weighted by Gasteiger charge is 2.18. The number of hydrogen-bond donors (Lipinski definition) is 1. The second-order valence-corrected chi connectivity index (χ2v) is 6.75. The predicted octanol–water partition coefficient (Wildman–Crippen LogP) is 3.67. The number of aromatic nitrogens is 3. The summed E-state index contributed by atoms with van der Waals surface area (Å²) in [7, 11) is 0. The Morgan fingerprint density at radius 3 is 2.67 bits per heavy atom. The Hall–Kier alpha value is -3.81. The molecule has 8 heteroatoms. The largest absolute Gasteiger partial charge is 0.324 e. The van der Waals surface area contributed by atoms with Gasteiger partial charge in [0.25, 0.3) is 5.56 Å². The van der Waals surface area contributed by atoms with Crippen molar-refractivity contribution in [2.45, 2.75) is 19.9 Å². The Morgan fingerprint density at radius 1 is 1.07 bits per heavy atom. The Morgan fingerprint density at radius 2 is 1.90 bits per heavy atom. The van der Waals surface area contributed by atoms with E-state index in [0.717, 1.165) is 24.1 Å². The monoisotopic (exact) mass is 408 g/mol. The molecule has 0 aliphatic carbocycles. The molecule has 0 aliphatic rings. The summed E-state index contributed by atoms with van der Waals surface area (Å²) < 4.78 is 29.4. The summed E-state index contributed by atoms with van der Waals surface area (Å²) in [4.78, 5) is 30.0. The van der Waals surface area contributed by atoms with Gasteiger partial charge in [0.2, 0.25) is 5.91 Å². The van der Waals surface area contributed by atoms with Crippen LogP contribution in [0.4, 0.5) is 14.5 Å². The van der Waals surface area contributed by atoms with Gasteiger partial charge in [0.15, 0.2) is 17.3 Å². The highest BCUT2D eigenvalue weighted by Crippen LogP contribution is 2.17. The van der Waals surface area contributed by atoms with Gasteiger partial charge in [0.1, 0.15) is 6.54 Å². The number of anilines is 1. The second-order valence-electron chi connectivity index (χ2n) is 6.75. The smallest absolute Gasteiger partial charge is 0.280 e. The van der Waals surface area contributed by atoms with Gasteiger partial charge in [-0.1, -0.05) is 19.1 Å². The predicted molar refractivity (Wildman–Crippen MR) is 110 cm³/mol. The third-order valence-corrected chi connectivity index (χ3v) is 4.76. The van der Waals surface area contributed by atoms with Crippen LogP contribution in [0.2, 0.25) is 0 Å². The maximum absolute atomic E-state index is 13.4. The molecule has 2 heterocycles. The highest BCUT2D eigenvalue weighted by molar-refractivity contribution is 5.91. The molecule has 2 aromatic carbocycles. The van der Waals surface area contributed by atoms with Crippen molar-refractivity contribution < 1.29 is 13.6 Å². The molecule has 30 heavy (non-hydrogen) atoms. The first-order valence-corrected chi connectivity index (χ1v) is 9.38. The number of fused-ring (bicyclic) bond motifs is 1. The molecule has 0 unspecified atom stereocenters. The van der Waals surface area contributed by atoms with Crippen LogP contribution in [0.3, 0.4) is 0 Å². The van der Waals surface area contributed by atoms with E-state index in [-0.39, 0.29) is 17.8 Å². The molecular formula is C22H18F2N4O2. The minimum Gasteiger partial charge on any atom is -0.324 e. The SMILES string of the molecule is CCc1cccc(-n2c(=O)c3cccnc3n2CC(=O)Nc2ccc(F)c(F)c2)c1. The van der Waals surface area contributed by atoms with Gasteiger partial charge >= 0.3 is 0 Å². The number of pyridine rings is 1. The molecule has 4 rings (SSSR count). The summed E-state index contributed by atoms with van der Waals surface area (Å²) >= 11 is 0. The van der Waals surface area contributed by atoms with Crippen LogP contribution in [0.15, 0.2) is 65.6 Å². The zero-order valence-electron chi connectivity index (χ0n) is 16.1. The van der Waals surface area contributed by atoms with Gasteiger partial charge in [-0.2, -0.15) is 0 Å². The highest BCUT2D eigenvalue weighted by atomic mass is 19.2. The average Bonchev–Trinajstić information content (AvgIpc) is 3.02. The zero-order valence-corrected chi connectivity index (χ0v) is 16.1. The molecule has 0 saturated carbocycles. The molecule has 0 aliphatic heterocycles. The van der Waals surface area contributed by atoms with E-state index >= 15 is 0 Å². The molecule has 2 aromatic heterocycles.